The molecule has 13 nitrogen and oxygen atoms in total. The summed E-state index contributed by atoms with van der Waals surface area (Å²) in [7, 11) is 0. The van der Waals surface area contributed by atoms with E-state index in [1.54, 1.807) is 26.0 Å². The molecule has 3 aromatic rings. The molecule has 0 aliphatic carbocycles. The van der Waals surface area contributed by atoms with E-state index in [4.69, 9.17) is 0 Å². The van der Waals surface area contributed by atoms with E-state index in [-0.39, 0.29) is 25.2 Å². The number of aliphatic hydroxyl groups excluding tert-OH is 1. The van der Waals surface area contributed by atoms with Crippen molar-refractivity contribution in [3.05, 3.63) is 66.0 Å². The topological polar surface area (TPSA) is 188 Å². The molecule has 1 aliphatic heterocycles. The van der Waals surface area contributed by atoms with Gasteiger partial charge in [0.05, 0.1) is 6.42 Å². The van der Waals surface area contributed by atoms with Crippen molar-refractivity contribution in [2.24, 2.45) is 5.92 Å². The Labute approximate surface area is 230 Å². The standard InChI is InChI=1S/C27H31N7O6/c1-15(2)23(26(38)29-20-14-22(35)40-27(20)39)30-25(37)19(12-13-21-31-33-34-32-21)28-24(36)18-11-7-6-10-17(18)16-8-4-3-5-9-16/h3-11,15,19-20,23,27,39H,12-14H2,1-2H3,(H,28,36)(H,29,38)(H,30,37)(H,31,32,33,34)/t19-,20-,23-,27?/m0/s1. The van der Waals surface area contributed by atoms with Crippen molar-refractivity contribution in [2.45, 2.75) is 57.5 Å². The number of nitrogens with zero attached hydrogens (tertiary/aromatic N) is 3. The summed E-state index contributed by atoms with van der Waals surface area (Å²) >= 11 is 0. The van der Waals surface area contributed by atoms with Crippen LogP contribution in [0.1, 0.15) is 42.9 Å². The minimum Gasteiger partial charge on any atom is -0.434 e. The van der Waals surface area contributed by atoms with E-state index in [9.17, 15) is 24.3 Å². The summed E-state index contributed by atoms with van der Waals surface area (Å²) in [6.45, 7) is 3.47. The van der Waals surface area contributed by atoms with E-state index in [1.165, 1.54) is 0 Å². The second-order valence-corrected chi connectivity index (χ2v) is 9.75. The van der Waals surface area contributed by atoms with Crippen LogP contribution in [0.15, 0.2) is 54.6 Å². The Kier molecular flexibility index (Phi) is 9.17. The van der Waals surface area contributed by atoms with Gasteiger partial charge in [-0.15, -0.1) is 5.10 Å². The van der Waals surface area contributed by atoms with E-state index in [2.05, 4.69) is 41.3 Å². The highest BCUT2D eigenvalue weighted by molar-refractivity contribution is 6.03. The lowest BCUT2D eigenvalue weighted by molar-refractivity contribution is -0.155. The summed E-state index contributed by atoms with van der Waals surface area (Å²) in [4.78, 5) is 51.5. The third-order valence-electron chi connectivity index (χ3n) is 6.49. The zero-order valence-corrected chi connectivity index (χ0v) is 22.0. The average Bonchev–Trinajstić information content (AvgIpc) is 3.58. The Balaban J connectivity index is 1.52. The van der Waals surface area contributed by atoms with Gasteiger partial charge in [0.25, 0.3) is 5.91 Å². The lowest BCUT2D eigenvalue weighted by Gasteiger charge is -2.26. The summed E-state index contributed by atoms with van der Waals surface area (Å²) in [5.74, 6) is -2.22. The number of cyclic esters (lactones) is 1. The first kappa shape index (κ1) is 28.4. The van der Waals surface area contributed by atoms with Crippen LogP contribution in [-0.4, -0.2) is 73.8 Å². The summed E-state index contributed by atoms with van der Waals surface area (Å²) in [6.07, 6.45) is -1.26. The molecule has 13 heteroatoms. The van der Waals surface area contributed by atoms with Crippen LogP contribution in [-0.2, 0) is 25.5 Å². The number of aromatic nitrogens is 4. The van der Waals surface area contributed by atoms with Gasteiger partial charge in [0, 0.05) is 12.0 Å². The molecule has 2 aromatic carbocycles. The van der Waals surface area contributed by atoms with Crippen LogP contribution in [0, 0.1) is 5.92 Å². The number of carbonyl (C=O) groups is 4. The Morgan fingerprint density at radius 1 is 1.05 bits per heavy atom. The molecule has 1 aromatic heterocycles. The van der Waals surface area contributed by atoms with Crippen molar-refractivity contribution in [3.8, 4) is 11.1 Å². The molecule has 3 amide bonds. The smallest absolute Gasteiger partial charge is 0.310 e. The second kappa shape index (κ2) is 12.9. The van der Waals surface area contributed by atoms with Crippen LogP contribution in [0.25, 0.3) is 11.1 Å². The molecule has 0 spiro atoms. The molecule has 1 fully saturated rings. The lowest BCUT2D eigenvalue weighted by Crippen LogP contribution is -2.57. The number of amides is 3. The number of carbonyl (C=O) groups excluding carboxylic acids is 4. The SMILES string of the molecule is CC(C)[C@H](NC(=O)[C@H](CCc1nnn[nH]1)NC(=O)c1ccccc1-c1ccccc1)C(=O)N[C@H]1CC(=O)OC1O. The van der Waals surface area contributed by atoms with Gasteiger partial charge in [0.2, 0.25) is 18.1 Å². The number of rotatable bonds is 11. The van der Waals surface area contributed by atoms with Crippen LogP contribution in [0.3, 0.4) is 0 Å². The number of aliphatic hydroxyl groups is 1. The minimum absolute atomic E-state index is 0.137. The molecule has 4 rings (SSSR count). The molecule has 4 atom stereocenters. The molecular weight excluding hydrogens is 518 g/mol. The quantitative estimate of drug-likeness (QED) is 0.212. The van der Waals surface area contributed by atoms with Crippen molar-refractivity contribution in [1.82, 2.24) is 36.6 Å². The molecule has 2 heterocycles. The van der Waals surface area contributed by atoms with Crippen molar-refractivity contribution in [1.29, 1.82) is 0 Å². The van der Waals surface area contributed by atoms with Gasteiger partial charge >= 0.3 is 5.97 Å². The molecule has 0 saturated carbocycles. The summed E-state index contributed by atoms with van der Waals surface area (Å²) in [6, 6.07) is 13.5. The van der Waals surface area contributed by atoms with Gasteiger partial charge in [0.1, 0.15) is 23.9 Å². The largest absolute Gasteiger partial charge is 0.434 e. The maximum Gasteiger partial charge on any atom is 0.310 e. The summed E-state index contributed by atoms with van der Waals surface area (Å²) in [5.41, 5.74) is 1.92. The van der Waals surface area contributed by atoms with E-state index in [0.717, 1.165) is 5.56 Å². The zero-order valence-electron chi connectivity index (χ0n) is 22.0. The maximum atomic E-state index is 13.5. The van der Waals surface area contributed by atoms with Gasteiger partial charge in [0.15, 0.2) is 0 Å². The number of aryl methyl sites for hydroxylation is 1. The van der Waals surface area contributed by atoms with Crippen LogP contribution in [0.5, 0.6) is 0 Å². The van der Waals surface area contributed by atoms with Gasteiger partial charge < -0.3 is 25.8 Å². The molecule has 40 heavy (non-hydrogen) atoms. The van der Waals surface area contributed by atoms with Crippen LogP contribution >= 0.6 is 0 Å². The molecule has 5 N–H and O–H groups in total. The Bertz CT molecular complexity index is 1330. The van der Waals surface area contributed by atoms with Crippen LogP contribution in [0.4, 0.5) is 0 Å². The maximum absolute atomic E-state index is 13.5. The monoisotopic (exact) mass is 549 g/mol. The Morgan fingerprint density at radius 2 is 1.77 bits per heavy atom. The predicted octanol–water partition coefficient (Wildman–Crippen LogP) is 0.489. The van der Waals surface area contributed by atoms with Gasteiger partial charge in [-0.25, -0.2) is 5.10 Å². The lowest BCUT2D eigenvalue weighted by atomic mass is 9.98. The molecule has 1 saturated heterocycles. The van der Waals surface area contributed by atoms with Gasteiger partial charge in [-0.1, -0.05) is 62.4 Å². The van der Waals surface area contributed by atoms with Gasteiger partial charge in [-0.2, -0.15) is 0 Å². The van der Waals surface area contributed by atoms with Gasteiger partial charge in [-0.05, 0) is 40.0 Å². The van der Waals surface area contributed by atoms with E-state index >= 15 is 0 Å². The Morgan fingerprint density at radius 3 is 2.42 bits per heavy atom. The number of nitrogens with one attached hydrogen (secondary N) is 4. The number of ether oxygens (including phenoxy) is 1. The summed E-state index contributed by atoms with van der Waals surface area (Å²) in [5, 5.41) is 31.5. The van der Waals surface area contributed by atoms with Crippen molar-refractivity contribution in [2.75, 3.05) is 0 Å². The highest BCUT2D eigenvalue weighted by atomic mass is 16.6. The number of hydrogen-bond donors (Lipinski definition) is 5. The fourth-order valence-corrected chi connectivity index (χ4v) is 4.35. The van der Waals surface area contributed by atoms with E-state index < -0.39 is 48.1 Å². The minimum atomic E-state index is -1.47. The van der Waals surface area contributed by atoms with Crippen molar-refractivity contribution in [3.63, 3.8) is 0 Å². The normalized spacial score (nSPS) is 18.1. The molecule has 210 valence electrons. The number of H-pyrrole nitrogens is 1. The fraction of sp³-hybridized carbons (Fsp3) is 0.370. The van der Waals surface area contributed by atoms with Crippen molar-refractivity contribution < 1.29 is 29.0 Å². The number of hydrogen-bond acceptors (Lipinski definition) is 9. The first-order chi connectivity index (χ1) is 19.2. The number of aromatic amines is 1. The molecule has 1 unspecified atom stereocenters. The molecule has 0 bridgehead atoms. The number of tetrazole rings is 1. The van der Waals surface area contributed by atoms with Crippen LogP contribution < -0.4 is 16.0 Å². The highest BCUT2D eigenvalue weighted by Gasteiger charge is 2.37. The molecule has 0 radical (unpaired) electrons. The Hall–Kier alpha value is -4.65. The third-order valence-corrected chi connectivity index (χ3v) is 6.49. The second-order valence-electron chi connectivity index (χ2n) is 9.75. The number of benzene rings is 2. The van der Waals surface area contributed by atoms with E-state index in [1.807, 2.05) is 42.5 Å². The molecular formula is C27H31N7O6. The third kappa shape index (κ3) is 7.05. The first-order valence-corrected chi connectivity index (χ1v) is 12.9. The fourth-order valence-electron chi connectivity index (χ4n) is 4.35. The van der Waals surface area contributed by atoms with E-state index in [0.29, 0.717) is 17.0 Å². The predicted molar refractivity (Wildman–Crippen MR) is 141 cm³/mol. The van der Waals surface area contributed by atoms with Crippen LogP contribution in [0.2, 0.25) is 0 Å². The average molecular weight is 550 g/mol. The zero-order chi connectivity index (χ0) is 28.6. The number of esters is 1. The van der Waals surface area contributed by atoms with Gasteiger partial charge in [-0.3, -0.25) is 19.2 Å². The molecule has 1 aliphatic rings. The highest BCUT2D eigenvalue weighted by Crippen LogP contribution is 2.23. The first-order valence-electron chi connectivity index (χ1n) is 12.9. The summed E-state index contributed by atoms with van der Waals surface area (Å²) < 4.78 is 4.68. The van der Waals surface area contributed by atoms with Crippen molar-refractivity contribution >= 4 is 23.7 Å².